The molecule has 2 heterocycles. The van der Waals surface area contributed by atoms with Crippen LogP contribution in [0.1, 0.15) is 44.6 Å². The van der Waals surface area contributed by atoms with E-state index in [1.807, 2.05) is 24.0 Å². The van der Waals surface area contributed by atoms with E-state index in [4.69, 9.17) is 12.6 Å². The van der Waals surface area contributed by atoms with Gasteiger partial charge in [0.05, 0.1) is 0 Å². The van der Waals surface area contributed by atoms with Gasteiger partial charge in [0, 0.05) is 19.1 Å². The van der Waals surface area contributed by atoms with Crippen LogP contribution in [0, 0.1) is 0 Å². The van der Waals surface area contributed by atoms with E-state index >= 15 is 0 Å². The molecule has 3 rings (SSSR count). The van der Waals surface area contributed by atoms with E-state index in [-0.39, 0.29) is 6.09 Å². The highest BCUT2D eigenvalue weighted by molar-refractivity contribution is 6.33. The van der Waals surface area contributed by atoms with Crippen molar-refractivity contribution in [3.05, 3.63) is 23.8 Å². The number of hydrogen-bond donors (Lipinski definition) is 0. The smallest absolute Gasteiger partial charge is 0.410 e. The molecule has 128 valence electrons. The van der Waals surface area contributed by atoms with E-state index in [2.05, 4.69) is 4.90 Å². The number of benzene rings is 1. The van der Waals surface area contributed by atoms with Gasteiger partial charge in [-0.05, 0) is 57.3 Å². The van der Waals surface area contributed by atoms with Crippen LogP contribution in [0.25, 0.3) is 0 Å². The van der Waals surface area contributed by atoms with Crippen molar-refractivity contribution in [3.63, 3.8) is 0 Å². The predicted octanol–water partition coefficient (Wildman–Crippen LogP) is 2.49. The fourth-order valence-corrected chi connectivity index (χ4v) is 3.81. The zero-order valence-electron chi connectivity index (χ0n) is 14.7. The molecule has 0 aliphatic carbocycles. The van der Waals surface area contributed by atoms with Crippen molar-refractivity contribution in [2.24, 2.45) is 0 Å². The second-order valence-corrected chi connectivity index (χ2v) is 6.90. The minimum Gasteiger partial charge on any atom is -0.410 e. The molecule has 24 heavy (non-hydrogen) atoms. The average molecular weight is 326 g/mol. The number of aryl methyl sites for hydroxylation is 1. The molecule has 2 aliphatic heterocycles. The minimum absolute atomic E-state index is 0.237. The fraction of sp³-hybridized carbons (Fsp3) is 0.632. The van der Waals surface area contributed by atoms with Crippen LogP contribution in [-0.4, -0.2) is 56.0 Å². The molecule has 1 aromatic rings. The fourth-order valence-electron chi connectivity index (χ4n) is 3.81. The molecular weight excluding hydrogens is 299 g/mol. The molecule has 2 aliphatic rings. The summed E-state index contributed by atoms with van der Waals surface area (Å²) in [6.07, 6.45) is 6.70. The van der Waals surface area contributed by atoms with Crippen LogP contribution >= 0.6 is 0 Å². The number of hydrogen-bond acceptors (Lipinski definition) is 3. The maximum absolute atomic E-state index is 12.4. The van der Waals surface area contributed by atoms with Gasteiger partial charge in [-0.2, -0.15) is 0 Å². The van der Waals surface area contributed by atoms with Crippen molar-refractivity contribution in [1.29, 1.82) is 0 Å². The molecule has 0 saturated carbocycles. The Kier molecular flexibility index (Phi) is 5.82. The number of piperidine rings is 2. The first-order chi connectivity index (χ1) is 11.7. The highest BCUT2D eigenvalue weighted by Gasteiger charge is 2.28. The van der Waals surface area contributed by atoms with Crippen molar-refractivity contribution in [2.45, 2.75) is 51.5 Å². The number of carbonyl (C=O) groups is 1. The van der Waals surface area contributed by atoms with Gasteiger partial charge in [-0.3, -0.25) is 0 Å². The van der Waals surface area contributed by atoms with Crippen molar-refractivity contribution in [2.75, 3.05) is 26.2 Å². The summed E-state index contributed by atoms with van der Waals surface area (Å²) in [6, 6.07) is 6.09. The van der Waals surface area contributed by atoms with Gasteiger partial charge in [-0.15, -0.1) is 0 Å². The van der Waals surface area contributed by atoms with E-state index in [0.717, 1.165) is 43.4 Å². The molecule has 1 aromatic carbocycles. The number of carbonyl (C=O) groups excluding carboxylic acids is 1. The molecule has 0 spiro atoms. The molecule has 0 unspecified atom stereocenters. The Morgan fingerprint density at radius 3 is 2.54 bits per heavy atom. The number of likely N-dealkylation sites (tertiary alicyclic amines) is 2. The number of amides is 1. The Labute approximate surface area is 146 Å². The third-order valence-corrected chi connectivity index (χ3v) is 5.33. The summed E-state index contributed by atoms with van der Waals surface area (Å²) in [6.45, 7) is 6.06. The lowest BCUT2D eigenvalue weighted by atomic mass is 9.89. The van der Waals surface area contributed by atoms with Crippen molar-refractivity contribution < 1.29 is 9.53 Å². The summed E-state index contributed by atoms with van der Waals surface area (Å²) >= 11 is 0. The number of rotatable bonds is 3. The zero-order chi connectivity index (χ0) is 16.9. The van der Waals surface area contributed by atoms with Crippen LogP contribution in [0.2, 0.25) is 0 Å². The molecule has 5 heteroatoms. The van der Waals surface area contributed by atoms with Crippen LogP contribution < -0.4 is 10.2 Å². The second kappa shape index (κ2) is 8.06. The summed E-state index contributed by atoms with van der Waals surface area (Å²) in [5, 5.41) is 0. The molecule has 1 amide bonds. The van der Waals surface area contributed by atoms with Crippen LogP contribution in [0.15, 0.2) is 18.2 Å². The van der Waals surface area contributed by atoms with Crippen molar-refractivity contribution in [1.82, 2.24) is 9.80 Å². The SMILES string of the molecule is [B]c1ccc(OC(=O)N2CCC(N3CCCCC3)CC2)cc1CC. The highest BCUT2D eigenvalue weighted by atomic mass is 16.6. The molecule has 2 fully saturated rings. The number of nitrogens with zero attached hydrogens (tertiary/aromatic N) is 2. The van der Waals surface area contributed by atoms with Crippen molar-refractivity contribution in [3.8, 4) is 5.75 Å². The van der Waals surface area contributed by atoms with Gasteiger partial charge in [0.15, 0.2) is 0 Å². The Hall–Kier alpha value is -1.49. The molecule has 0 aromatic heterocycles. The summed E-state index contributed by atoms with van der Waals surface area (Å²) in [5.74, 6) is 0.587. The van der Waals surface area contributed by atoms with Gasteiger partial charge in [0.1, 0.15) is 13.6 Å². The molecule has 0 bridgehead atoms. The summed E-state index contributed by atoms with van der Waals surface area (Å²) in [5.41, 5.74) is 1.77. The van der Waals surface area contributed by atoms with Gasteiger partial charge in [-0.25, -0.2) is 4.79 Å². The molecule has 0 atom stereocenters. The monoisotopic (exact) mass is 326 g/mol. The maximum Gasteiger partial charge on any atom is 0.415 e. The summed E-state index contributed by atoms with van der Waals surface area (Å²) in [7, 11) is 5.90. The summed E-state index contributed by atoms with van der Waals surface area (Å²) in [4.78, 5) is 16.8. The minimum atomic E-state index is -0.237. The molecule has 0 N–H and O–H groups in total. The molecule has 2 saturated heterocycles. The topological polar surface area (TPSA) is 32.8 Å². The Morgan fingerprint density at radius 1 is 1.17 bits per heavy atom. The summed E-state index contributed by atoms with van der Waals surface area (Å²) < 4.78 is 5.55. The molecule has 4 nitrogen and oxygen atoms in total. The quantitative estimate of drug-likeness (QED) is 0.800. The second-order valence-electron chi connectivity index (χ2n) is 6.90. The number of ether oxygens (including phenoxy) is 1. The van der Waals surface area contributed by atoms with E-state index in [0.29, 0.717) is 11.8 Å². The van der Waals surface area contributed by atoms with Gasteiger partial charge in [0.25, 0.3) is 0 Å². The highest BCUT2D eigenvalue weighted by Crippen LogP contribution is 2.22. The molecule has 2 radical (unpaired) electrons. The van der Waals surface area contributed by atoms with Crippen LogP contribution in [0.3, 0.4) is 0 Å². The first-order valence-electron chi connectivity index (χ1n) is 9.26. The zero-order valence-corrected chi connectivity index (χ0v) is 14.7. The Balaban J connectivity index is 1.51. The van der Waals surface area contributed by atoms with Gasteiger partial charge >= 0.3 is 6.09 Å². The van der Waals surface area contributed by atoms with Gasteiger partial charge in [0.2, 0.25) is 0 Å². The lowest BCUT2D eigenvalue weighted by molar-refractivity contribution is 0.0878. The van der Waals surface area contributed by atoms with Crippen LogP contribution in [0.5, 0.6) is 5.75 Å². The average Bonchev–Trinajstić information content (AvgIpc) is 2.64. The lowest BCUT2D eigenvalue weighted by Crippen LogP contribution is -2.48. The van der Waals surface area contributed by atoms with Crippen LogP contribution in [0.4, 0.5) is 4.79 Å². The standard InChI is InChI=1S/C19H27BN2O2/c1-2-15-14-17(6-7-18(15)20)24-19(23)22-12-8-16(9-13-22)21-10-4-3-5-11-21/h6-7,14,16H,2-5,8-13H2,1H3. The van der Waals surface area contributed by atoms with Gasteiger partial charge in [-0.1, -0.05) is 30.4 Å². The van der Waals surface area contributed by atoms with Gasteiger partial charge < -0.3 is 14.5 Å². The lowest BCUT2D eigenvalue weighted by Gasteiger charge is -2.39. The maximum atomic E-state index is 12.4. The third-order valence-electron chi connectivity index (χ3n) is 5.33. The normalized spacial score (nSPS) is 20.1. The van der Waals surface area contributed by atoms with E-state index in [1.165, 1.54) is 32.4 Å². The van der Waals surface area contributed by atoms with Crippen LogP contribution in [-0.2, 0) is 6.42 Å². The van der Waals surface area contributed by atoms with E-state index in [1.54, 1.807) is 6.07 Å². The van der Waals surface area contributed by atoms with E-state index < -0.39 is 0 Å². The first-order valence-corrected chi connectivity index (χ1v) is 9.26. The predicted molar refractivity (Wildman–Crippen MR) is 97.3 cm³/mol. The largest absolute Gasteiger partial charge is 0.415 e. The third kappa shape index (κ3) is 4.13. The Morgan fingerprint density at radius 2 is 1.88 bits per heavy atom. The Bertz CT molecular complexity index is 564. The van der Waals surface area contributed by atoms with E-state index in [9.17, 15) is 4.79 Å². The molecular formula is C19H27BN2O2. The first kappa shape index (κ1) is 17.3. The van der Waals surface area contributed by atoms with Crippen molar-refractivity contribution >= 4 is 19.4 Å².